The Morgan fingerprint density at radius 2 is 2.25 bits per heavy atom. The minimum Gasteiger partial charge on any atom is -0.381 e. The Morgan fingerprint density at radius 1 is 1.50 bits per heavy atom. The molecule has 1 rings (SSSR count). The molecule has 0 fully saturated rings. The Bertz CT molecular complexity index is 261. The lowest BCUT2D eigenvalue weighted by atomic mass is 10.2. The first-order valence-corrected chi connectivity index (χ1v) is 3.94. The highest BCUT2D eigenvalue weighted by Gasteiger charge is 1.99. The molecule has 0 saturated heterocycles. The Kier molecular flexibility index (Phi) is 3.05. The third-order valence-corrected chi connectivity index (χ3v) is 1.58. The fourth-order valence-electron chi connectivity index (χ4n) is 0.981. The van der Waals surface area contributed by atoms with E-state index in [4.69, 9.17) is 5.73 Å². The minimum absolute atomic E-state index is 0.228. The molecular weight excluding hydrogens is 155 g/mol. The highest BCUT2D eigenvalue weighted by molar-refractivity contribution is 5.46. The Morgan fingerprint density at radius 3 is 2.92 bits per heavy atom. The summed E-state index contributed by atoms with van der Waals surface area (Å²) in [7, 11) is 0. The number of nitrogens with two attached hydrogens (primary N) is 1. The Labute approximate surface area is 71.6 Å². The van der Waals surface area contributed by atoms with Crippen LogP contribution in [-0.4, -0.2) is 13.1 Å². The third-order valence-electron chi connectivity index (χ3n) is 1.58. The fourth-order valence-corrected chi connectivity index (χ4v) is 0.981. The molecule has 0 aromatic heterocycles. The van der Waals surface area contributed by atoms with Gasteiger partial charge in [-0.3, -0.25) is 0 Å². The normalized spacial score (nSPS) is 9.92. The lowest BCUT2D eigenvalue weighted by Crippen LogP contribution is -2.13. The van der Waals surface area contributed by atoms with E-state index >= 15 is 0 Å². The van der Waals surface area contributed by atoms with Crippen molar-refractivity contribution in [2.24, 2.45) is 5.73 Å². The van der Waals surface area contributed by atoms with Crippen molar-refractivity contribution in [2.75, 3.05) is 18.4 Å². The molecule has 0 amide bonds. The lowest BCUT2D eigenvalue weighted by Gasteiger charge is -2.06. The van der Waals surface area contributed by atoms with Gasteiger partial charge < -0.3 is 11.1 Å². The molecule has 66 valence electrons. The van der Waals surface area contributed by atoms with Crippen LogP contribution in [0.2, 0.25) is 0 Å². The van der Waals surface area contributed by atoms with Crippen LogP contribution in [0.15, 0.2) is 18.2 Å². The number of aryl methyl sites for hydroxylation is 1. The third kappa shape index (κ3) is 2.20. The van der Waals surface area contributed by atoms with Crippen LogP contribution in [0.4, 0.5) is 10.1 Å². The maximum atomic E-state index is 13.0. The van der Waals surface area contributed by atoms with Gasteiger partial charge in [0.05, 0.1) is 5.69 Å². The summed E-state index contributed by atoms with van der Waals surface area (Å²) in [4.78, 5) is 0. The number of hydrogen-bond donors (Lipinski definition) is 2. The molecule has 0 bridgehead atoms. The van der Waals surface area contributed by atoms with Gasteiger partial charge in [0, 0.05) is 13.1 Å². The zero-order chi connectivity index (χ0) is 8.97. The summed E-state index contributed by atoms with van der Waals surface area (Å²) >= 11 is 0. The summed E-state index contributed by atoms with van der Waals surface area (Å²) in [6.45, 7) is 3.03. The number of rotatable bonds is 3. The van der Waals surface area contributed by atoms with E-state index < -0.39 is 0 Å². The molecular formula is C9H13FN2. The average Bonchev–Trinajstić information content (AvgIpc) is 2.07. The molecule has 1 aromatic rings. The molecule has 3 heteroatoms. The zero-order valence-electron chi connectivity index (χ0n) is 7.10. The first-order chi connectivity index (χ1) is 5.74. The molecule has 12 heavy (non-hydrogen) atoms. The highest BCUT2D eigenvalue weighted by Crippen LogP contribution is 2.14. The SMILES string of the molecule is Cc1ccc(F)c(NCCN)c1. The lowest BCUT2D eigenvalue weighted by molar-refractivity contribution is 0.630. The van der Waals surface area contributed by atoms with E-state index in [1.165, 1.54) is 6.07 Å². The molecule has 1 aromatic carbocycles. The molecule has 0 spiro atoms. The van der Waals surface area contributed by atoms with Crippen molar-refractivity contribution in [3.8, 4) is 0 Å². The van der Waals surface area contributed by atoms with Crippen LogP contribution >= 0.6 is 0 Å². The predicted octanol–water partition coefficient (Wildman–Crippen LogP) is 1.50. The largest absolute Gasteiger partial charge is 0.381 e. The summed E-state index contributed by atoms with van der Waals surface area (Å²) < 4.78 is 13.0. The molecule has 0 aliphatic rings. The zero-order valence-corrected chi connectivity index (χ0v) is 7.10. The van der Waals surface area contributed by atoms with Gasteiger partial charge in [-0.25, -0.2) is 4.39 Å². The number of benzene rings is 1. The minimum atomic E-state index is -0.228. The van der Waals surface area contributed by atoms with Crippen molar-refractivity contribution >= 4 is 5.69 Å². The molecule has 0 aliphatic heterocycles. The molecule has 0 aliphatic carbocycles. The van der Waals surface area contributed by atoms with Crippen LogP contribution in [0, 0.1) is 12.7 Å². The predicted molar refractivity (Wildman–Crippen MR) is 48.7 cm³/mol. The van der Waals surface area contributed by atoms with Crippen LogP contribution < -0.4 is 11.1 Å². The van der Waals surface area contributed by atoms with Crippen molar-refractivity contribution in [3.63, 3.8) is 0 Å². The Hall–Kier alpha value is -1.09. The molecule has 2 nitrogen and oxygen atoms in total. The maximum absolute atomic E-state index is 13.0. The highest BCUT2D eigenvalue weighted by atomic mass is 19.1. The first kappa shape index (κ1) is 9.00. The van der Waals surface area contributed by atoms with Crippen LogP contribution in [-0.2, 0) is 0 Å². The van der Waals surface area contributed by atoms with Crippen LogP contribution in [0.5, 0.6) is 0 Å². The fraction of sp³-hybridized carbons (Fsp3) is 0.333. The number of hydrogen-bond acceptors (Lipinski definition) is 2. The van der Waals surface area contributed by atoms with Gasteiger partial charge in [0.1, 0.15) is 5.82 Å². The quantitative estimate of drug-likeness (QED) is 0.717. The van der Waals surface area contributed by atoms with Crippen molar-refractivity contribution in [1.82, 2.24) is 0 Å². The number of nitrogens with one attached hydrogen (secondary N) is 1. The van der Waals surface area contributed by atoms with E-state index in [1.54, 1.807) is 12.1 Å². The van der Waals surface area contributed by atoms with E-state index in [-0.39, 0.29) is 5.82 Å². The van der Waals surface area contributed by atoms with E-state index in [2.05, 4.69) is 5.32 Å². The number of halogens is 1. The summed E-state index contributed by atoms with van der Waals surface area (Å²) in [5.74, 6) is -0.228. The van der Waals surface area contributed by atoms with Gasteiger partial charge >= 0.3 is 0 Å². The van der Waals surface area contributed by atoms with Gasteiger partial charge in [0.15, 0.2) is 0 Å². The van der Waals surface area contributed by atoms with Crippen LogP contribution in [0.3, 0.4) is 0 Å². The molecule has 0 heterocycles. The van der Waals surface area contributed by atoms with Gasteiger partial charge in [-0.05, 0) is 24.6 Å². The second-order valence-corrected chi connectivity index (χ2v) is 2.70. The van der Waals surface area contributed by atoms with Crippen molar-refractivity contribution in [2.45, 2.75) is 6.92 Å². The second kappa shape index (κ2) is 4.07. The Balaban J connectivity index is 2.75. The van der Waals surface area contributed by atoms with Crippen molar-refractivity contribution in [3.05, 3.63) is 29.6 Å². The molecule has 0 unspecified atom stereocenters. The summed E-state index contributed by atoms with van der Waals surface area (Å²) in [5, 5.41) is 2.90. The van der Waals surface area contributed by atoms with Crippen LogP contribution in [0.25, 0.3) is 0 Å². The van der Waals surface area contributed by atoms with Gasteiger partial charge in [0.2, 0.25) is 0 Å². The smallest absolute Gasteiger partial charge is 0.146 e. The topological polar surface area (TPSA) is 38.0 Å². The van der Waals surface area contributed by atoms with Gasteiger partial charge in [-0.15, -0.1) is 0 Å². The maximum Gasteiger partial charge on any atom is 0.146 e. The van der Waals surface area contributed by atoms with Crippen molar-refractivity contribution in [1.29, 1.82) is 0 Å². The molecule has 0 radical (unpaired) electrons. The van der Waals surface area contributed by atoms with Gasteiger partial charge in [0.25, 0.3) is 0 Å². The van der Waals surface area contributed by atoms with E-state index in [0.29, 0.717) is 18.8 Å². The van der Waals surface area contributed by atoms with E-state index in [0.717, 1.165) is 5.56 Å². The summed E-state index contributed by atoms with van der Waals surface area (Å²) in [5.41, 5.74) is 6.85. The van der Waals surface area contributed by atoms with E-state index in [9.17, 15) is 4.39 Å². The number of anilines is 1. The summed E-state index contributed by atoms with van der Waals surface area (Å²) in [6, 6.07) is 4.96. The monoisotopic (exact) mass is 168 g/mol. The van der Waals surface area contributed by atoms with Crippen LogP contribution in [0.1, 0.15) is 5.56 Å². The van der Waals surface area contributed by atoms with Gasteiger partial charge in [-0.2, -0.15) is 0 Å². The van der Waals surface area contributed by atoms with Gasteiger partial charge in [-0.1, -0.05) is 6.07 Å². The van der Waals surface area contributed by atoms with Crippen molar-refractivity contribution < 1.29 is 4.39 Å². The first-order valence-electron chi connectivity index (χ1n) is 3.94. The molecule has 3 N–H and O–H groups in total. The average molecular weight is 168 g/mol. The molecule has 0 atom stereocenters. The molecule has 0 saturated carbocycles. The summed E-state index contributed by atoms with van der Waals surface area (Å²) in [6.07, 6.45) is 0. The van der Waals surface area contributed by atoms with E-state index in [1.807, 2.05) is 6.92 Å². The second-order valence-electron chi connectivity index (χ2n) is 2.70. The standard InChI is InChI=1S/C9H13FN2/c1-7-2-3-8(10)9(6-7)12-5-4-11/h2-3,6,12H,4-5,11H2,1H3.